The molecule has 6 nitrogen and oxygen atoms in total. The molecule has 2 heterocycles. The molecule has 2 fully saturated rings. The van der Waals surface area contributed by atoms with E-state index in [-0.39, 0.29) is 30.4 Å². The molecule has 3 rings (SSSR count). The lowest BCUT2D eigenvalue weighted by Gasteiger charge is -2.57. The second-order valence-corrected chi connectivity index (χ2v) is 10.7. The lowest BCUT2D eigenvalue weighted by molar-refractivity contribution is -0.0553. The Hall–Kier alpha value is -1.43. The summed E-state index contributed by atoms with van der Waals surface area (Å²) in [5, 5.41) is 19.8. The third-order valence-electron chi connectivity index (χ3n) is 5.90. The van der Waals surface area contributed by atoms with Gasteiger partial charge in [0, 0.05) is 36.7 Å². The molecule has 0 unspecified atom stereocenters. The summed E-state index contributed by atoms with van der Waals surface area (Å²) in [6, 6.07) is 7.95. The summed E-state index contributed by atoms with van der Waals surface area (Å²) in [4.78, 5) is 2.27. The Balaban J connectivity index is 1.84. The Kier molecular flexibility index (Phi) is 6.71. The van der Waals surface area contributed by atoms with Crippen LogP contribution in [0.5, 0.6) is 0 Å². The highest BCUT2D eigenvalue weighted by Crippen LogP contribution is 2.42. The average molecular weight is 421 g/mol. The van der Waals surface area contributed by atoms with Crippen LogP contribution in [0.2, 0.25) is 0 Å². The summed E-state index contributed by atoms with van der Waals surface area (Å²) >= 11 is 0. The van der Waals surface area contributed by atoms with E-state index in [4.69, 9.17) is 0 Å². The van der Waals surface area contributed by atoms with Crippen LogP contribution in [0.25, 0.3) is 0 Å². The van der Waals surface area contributed by atoms with E-state index in [2.05, 4.69) is 16.7 Å². The molecule has 0 aromatic heterocycles. The van der Waals surface area contributed by atoms with Crippen molar-refractivity contribution < 1.29 is 18.6 Å². The lowest BCUT2D eigenvalue weighted by atomic mass is 9.74. The van der Waals surface area contributed by atoms with Gasteiger partial charge in [-0.3, -0.25) is 4.90 Å². The molecule has 0 radical (unpaired) electrons. The predicted octanol–water partition coefficient (Wildman–Crippen LogP) is 1.38. The minimum Gasteiger partial charge on any atom is -0.395 e. The molecular weight excluding hydrogens is 388 g/mol. The number of benzene rings is 1. The van der Waals surface area contributed by atoms with Crippen molar-refractivity contribution >= 4 is 10.0 Å². The van der Waals surface area contributed by atoms with E-state index in [1.807, 2.05) is 24.3 Å². The van der Waals surface area contributed by atoms with Crippen LogP contribution in [-0.2, 0) is 10.0 Å². The molecule has 0 bridgehead atoms. The Morgan fingerprint density at radius 3 is 2.41 bits per heavy atom. The quantitative estimate of drug-likeness (QED) is 0.720. The first-order chi connectivity index (χ1) is 13.7. The Bertz CT molecular complexity index is 865. The fourth-order valence-corrected chi connectivity index (χ4v) is 5.51. The number of rotatable bonds is 4. The standard InChI is InChI=1S/C22H32N2O4S/c1-4-29(27,28)23-13-5-6-14-24-19(15-23)21(20(24)16-25)18-9-7-17(8-10-18)11-12-22(2,3)26/h7-10,19-21,25-26H,4-6,13-16H2,1-3H3/t19-,20+,21-/m0/s1. The molecule has 29 heavy (non-hydrogen) atoms. The van der Waals surface area contributed by atoms with Gasteiger partial charge in [-0.1, -0.05) is 24.0 Å². The molecule has 0 aliphatic carbocycles. The van der Waals surface area contributed by atoms with Gasteiger partial charge in [0.2, 0.25) is 10.0 Å². The van der Waals surface area contributed by atoms with Crippen molar-refractivity contribution in [2.75, 3.05) is 32.0 Å². The molecule has 160 valence electrons. The summed E-state index contributed by atoms with van der Waals surface area (Å²) in [5.41, 5.74) is 0.872. The lowest BCUT2D eigenvalue weighted by Crippen LogP contribution is -2.67. The number of sulfonamides is 1. The van der Waals surface area contributed by atoms with Crippen molar-refractivity contribution in [1.82, 2.24) is 9.21 Å². The van der Waals surface area contributed by atoms with E-state index in [0.29, 0.717) is 13.1 Å². The Morgan fingerprint density at radius 2 is 1.83 bits per heavy atom. The number of aliphatic hydroxyl groups is 2. The maximum absolute atomic E-state index is 12.5. The van der Waals surface area contributed by atoms with Crippen LogP contribution >= 0.6 is 0 Å². The van der Waals surface area contributed by atoms with Crippen LogP contribution in [0.3, 0.4) is 0 Å². The number of aliphatic hydroxyl groups excluding tert-OH is 1. The zero-order valence-corrected chi connectivity index (χ0v) is 18.3. The summed E-state index contributed by atoms with van der Waals surface area (Å²) < 4.78 is 26.7. The molecule has 1 aromatic carbocycles. The normalized spacial score (nSPS) is 26.4. The molecular formula is C22H32N2O4S. The monoisotopic (exact) mass is 420 g/mol. The number of hydrogen-bond donors (Lipinski definition) is 2. The third kappa shape index (κ3) is 5.01. The third-order valence-corrected chi connectivity index (χ3v) is 7.75. The topological polar surface area (TPSA) is 81.1 Å². The fourth-order valence-electron chi connectivity index (χ4n) is 4.36. The summed E-state index contributed by atoms with van der Waals surface area (Å²) in [6.45, 7) is 6.97. The number of fused-ring (bicyclic) bond motifs is 1. The van der Waals surface area contributed by atoms with Crippen molar-refractivity contribution in [3.8, 4) is 11.8 Å². The van der Waals surface area contributed by atoms with E-state index >= 15 is 0 Å². The highest BCUT2D eigenvalue weighted by molar-refractivity contribution is 7.89. The average Bonchev–Trinajstić information content (AvgIpc) is 2.65. The smallest absolute Gasteiger partial charge is 0.213 e. The van der Waals surface area contributed by atoms with Gasteiger partial charge < -0.3 is 10.2 Å². The fraction of sp³-hybridized carbons (Fsp3) is 0.636. The van der Waals surface area contributed by atoms with E-state index in [1.165, 1.54) is 0 Å². The van der Waals surface area contributed by atoms with Crippen LogP contribution < -0.4 is 0 Å². The largest absolute Gasteiger partial charge is 0.395 e. The van der Waals surface area contributed by atoms with Crippen LogP contribution in [0.4, 0.5) is 0 Å². The van der Waals surface area contributed by atoms with Gasteiger partial charge in [0.1, 0.15) is 5.60 Å². The molecule has 3 atom stereocenters. The van der Waals surface area contributed by atoms with Crippen LogP contribution in [0.15, 0.2) is 24.3 Å². The maximum Gasteiger partial charge on any atom is 0.213 e. The van der Waals surface area contributed by atoms with Crippen molar-refractivity contribution in [3.05, 3.63) is 35.4 Å². The van der Waals surface area contributed by atoms with Gasteiger partial charge in [-0.05, 0) is 57.9 Å². The zero-order chi connectivity index (χ0) is 21.2. The van der Waals surface area contributed by atoms with E-state index in [0.717, 1.165) is 30.5 Å². The van der Waals surface area contributed by atoms with Gasteiger partial charge in [0.25, 0.3) is 0 Å². The molecule has 0 saturated carbocycles. The molecule has 0 amide bonds. The van der Waals surface area contributed by atoms with Crippen LogP contribution in [-0.4, -0.2) is 77.5 Å². The first-order valence-corrected chi connectivity index (χ1v) is 12.0. The predicted molar refractivity (Wildman–Crippen MR) is 114 cm³/mol. The van der Waals surface area contributed by atoms with Gasteiger partial charge in [-0.25, -0.2) is 12.7 Å². The van der Waals surface area contributed by atoms with E-state index in [1.54, 1.807) is 25.1 Å². The summed E-state index contributed by atoms with van der Waals surface area (Å²) in [5.74, 6) is 5.98. The van der Waals surface area contributed by atoms with Gasteiger partial charge in [-0.15, -0.1) is 0 Å². The van der Waals surface area contributed by atoms with Gasteiger partial charge in [0.15, 0.2) is 0 Å². The first-order valence-electron chi connectivity index (χ1n) is 10.4. The molecule has 2 aliphatic heterocycles. The number of hydrogen-bond acceptors (Lipinski definition) is 5. The zero-order valence-electron chi connectivity index (χ0n) is 17.5. The Morgan fingerprint density at radius 1 is 1.17 bits per heavy atom. The first kappa shape index (κ1) is 22.3. The minimum atomic E-state index is -3.24. The summed E-state index contributed by atoms with van der Waals surface area (Å²) in [7, 11) is -3.24. The second kappa shape index (κ2) is 8.75. The van der Waals surface area contributed by atoms with Crippen molar-refractivity contribution in [2.45, 2.75) is 57.2 Å². The van der Waals surface area contributed by atoms with Gasteiger partial charge >= 0.3 is 0 Å². The molecule has 2 saturated heterocycles. The van der Waals surface area contributed by atoms with Gasteiger partial charge in [-0.2, -0.15) is 0 Å². The highest BCUT2D eigenvalue weighted by atomic mass is 32.2. The second-order valence-electron chi connectivity index (χ2n) is 8.48. The van der Waals surface area contributed by atoms with Crippen LogP contribution in [0.1, 0.15) is 50.7 Å². The minimum absolute atomic E-state index is 0.0117. The molecule has 2 N–H and O–H groups in total. The van der Waals surface area contributed by atoms with Crippen molar-refractivity contribution in [3.63, 3.8) is 0 Å². The van der Waals surface area contributed by atoms with Crippen molar-refractivity contribution in [2.24, 2.45) is 0 Å². The van der Waals surface area contributed by atoms with Crippen LogP contribution in [0, 0.1) is 11.8 Å². The van der Waals surface area contributed by atoms with E-state index < -0.39 is 15.6 Å². The SMILES string of the molecule is CCS(=O)(=O)N1CCCCN2[C@H](CO)[C@@H](c3ccc(C#CC(C)(C)O)cc3)[C@@H]2C1. The summed E-state index contributed by atoms with van der Waals surface area (Å²) in [6.07, 6.45) is 1.78. The molecule has 0 spiro atoms. The van der Waals surface area contributed by atoms with E-state index in [9.17, 15) is 18.6 Å². The molecule has 1 aromatic rings. The number of nitrogens with zero attached hydrogens (tertiary/aromatic N) is 2. The Labute approximate surface area is 174 Å². The van der Waals surface area contributed by atoms with Crippen molar-refractivity contribution in [1.29, 1.82) is 0 Å². The van der Waals surface area contributed by atoms with Gasteiger partial charge in [0.05, 0.1) is 12.4 Å². The molecule has 2 aliphatic rings. The maximum atomic E-state index is 12.5. The molecule has 7 heteroatoms. The highest BCUT2D eigenvalue weighted by Gasteiger charge is 2.49.